The van der Waals surface area contributed by atoms with Crippen molar-refractivity contribution in [3.8, 4) is 11.1 Å². The number of allylic oxidation sites excluding steroid dienone is 11. The zero-order valence-electron chi connectivity index (χ0n) is 29.9. The highest BCUT2D eigenvalue weighted by molar-refractivity contribution is 5.92. The van der Waals surface area contributed by atoms with E-state index in [0.717, 1.165) is 32.1 Å². The standard InChI is InChI=1S/C52H41N/c1-4-15-37(16-5-1)49-32-39-18-12-13-19-40(39)33-50(49)42-26-28-48-47-29-27-46(53(44-20-6-2-7-21-44)45-22-8-3-9-23-45)31-43(47)35-51(52(48)34-42)41-25-24-36-14-10-11-17-38(36)30-41/h1-12,14-18,20-26,28,30-33,35,52H,13,19,27,29,34H2. The molecule has 1 atom stereocenters. The first kappa shape index (κ1) is 31.5. The second-order valence-electron chi connectivity index (χ2n) is 14.7. The van der Waals surface area contributed by atoms with Crippen LogP contribution in [0.3, 0.4) is 0 Å². The number of nitrogens with zero attached hydrogens (tertiary/aromatic N) is 1. The van der Waals surface area contributed by atoms with Crippen molar-refractivity contribution in [3.05, 3.63) is 221 Å². The lowest BCUT2D eigenvalue weighted by Crippen LogP contribution is -2.23. The first-order valence-electron chi connectivity index (χ1n) is 19.1. The summed E-state index contributed by atoms with van der Waals surface area (Å²) in [6.45, 7) is 0. The largest absolute Gasteiger partial charge is 0.314 e. The van der Waals surface area contributed by atoms with Crippen LogP contribution in [0.5, 0.6) is 0 Å². The minimum Gasteiger partial charge on any atom is -0.314 e. The van der Waals surface area contributed by atoms with Gasteiger partial charge in [0.1, 0.15) is 0 Å². The summed E-state index contributed by atoms with van der Waals surface area (Å²) in [7, 11) is 0. The summed E-state index contributed by atoms with van der Waals surface area (Å²) >= 11 is 0. The Labute approximate surface area is 313 Å². The van der Waals surface area contributed by atoms with Gasteiger partial charge in [-0.3, -0.25) is 0 Å². The molecule has 1 nitrogen and oxygen atoms in total. The third kappa shape index (κ3) is 5.83. The number of hydrogen-bond donors (Lipinski definition) is 0. The van der Waals surface area contributed by atoms with E-state index in [2.05, 4.69) is 187 Å². The summed E-state index contributed by atoms with van der Waals surface area (Å²) in [5.41, 5.74) is 19.0. The van der Waals surface area contributed by atoms with Crippen LogP contribution in [0.4, 0.5) is 11.4 Å². The number of hydrogen-bond acceptors (Lipinski definition) is 1. The van der Waals surface area contributed by atoms with Crippen molar-refractivity contribution in [2.45, 2.75) is 32.1 Å². The Morgan fingerprint density at radius 3 is 2.02 bits per heavy atom. The van der Waals surface area contributed by atoms with Gasteiger partial charge in [0.25, 0.3) is 0 Å². The molecule has 53 heavy (non-hydrogen) atoms. The molecule has 0 fully saturated rings. The van der Waals surface area contributed by atoms with Gasteiger partial charge in [-0.2, -0.15) is 0 Å². The highest BCUT2D eigenvalue weighted by atomic mass is 15.1. The molecule has 0 saturated carbocycles. The van der Waals surface area contributed by atoms with Crippen molar-refractivity contribution in [1.29, 1.82) is 0 Å². The zero-order valence-corrected chi connectivity index (χ0v) is 29.9. The summed E-state index contributed by atoms with van der Waals surface area (Å²) in [5.74, 6) is 0.281. The van der Waals surface area contributed by atoms with Crippen LogP contribution in [0.15, 0.2) is 198 Å². The van der Waals surface area contributed by atoms with Gasteiger partial charge in [-0.05, 0) is 147 Å². The Morgan fingerprint density at radius 2 is 1.25 bits per heavy atom. The molecule has 1 unspecified atom stereocenters. The fourth-order valence-electron chi connectivity index (χ4n) is 9.01. The predicted molar refractivity (Wildman–Crippen MR) is 225 cm³/mol. The van der Waals surface area contributed by atoms with E-state index in [1.165, 1.54) is 89.1 Å². The first-order chi connectivity index (χ1) is 26.3. The predicted octanol–water partition coefficient (Wildman–Crippen LogP) is 13.7. The number of para-hydroxylation sites is 2. The van der Waals surface area contributed by atoms with Crippen LogP contribution < -0.4 is 4.90 Å². The highest BCUT2D eigenvalue weighted by Crippen LogP contribution is 2.51. The van der Waals surface area contributed by atoms with Crippen LogP contribution >= 0.6 is 0 Å². The minimum absolute atomic E-state index is 0.281. The molecule has 6 aromatic carbocycles. The normalized spacial score (nSPS) is 17.5. The minimum atomic E-state index is 0.281. The Balaban J connectivity index is 1.14. The van der Waals surface area contributed by atoms with Crippen LogP contribution in [0.25, 0.3) is 39.1 Å². The fourth-order valence-corrected chi connectivity index (χ4v) is 9.01. The number of rotatable bonds is 6. The van der Waals surface area contributed by atoms with Crippen LogP contribution in [-0.4, -0.2) is 0 Å². The van der Waals surface area contributed by atoms with Crippen LogP contribution in [0.2, 0.25) is 0 Å². The summed E-state index contributed by atoms with van der Waals surface area (Å²) in [4.78, 5) is 2.45. The van der Waals surface area contributed by atoms with Gasteiger partial charge in [0.15, 0.2) is 0 Å². The molecule has 0 aliphatic heterocycles. The molecule has 0 saturated heterocycles. The molecule has 6 aromatic rings. The molecule has 0 bridgehead atoms. The van der Waals surface area contributed by atoms with Crippen molar-refractivity contribution in [2.75, 3.05) is 4.90 Å². The van der Waals surface area contributed by atoms with Crippen LogP contribution in [0, 0.1) is 5.92 Å². The van der Waals surface area contributed by atoms with E-state index in [9.17, 15) is 0 Å². The SMILES string of the molecule is C1=Cc2cc(-c3ccccc3)c(C3=CC=C4C5=C(C=C(c6ccc7ccccc7c6)C4C3)C=C(N(c3ccccc3)c3ccccc3)CC5)cc2CC1. The average Bonchev–Trinajstić information content (AvgIpc) is 3.23. The van der Waals surface area contributed by atoms with Crippen molar-refractivity contribution >= 4 is 39.4 Å². The van der Waals surface area contributed by atoms with Crippen LogP contribution in [-0.2, 0) is 6.42 Å². The molecule has 254 valence electrons. The van der Waals surface area contributed by atoms with Crippen molar-refractivity contribution in [2.24, 2.45) is 5.92 Å². The zero-order chi connectivity index (χ0) is 35.1. The summed E-state index contributed by atoms with van der Waals surface area (Å²) < 4.78 is 0. The Hall–Kier alpha value is -6.18. The lowest BCUT2D eigenvalue weighted by atomic mass is 9.68. The summed E-state index contributed by atoms with van der Waals surface area (Å²) in [6.07, 6.45) is 19.8. The van der Waals surface area contributed by atoms with Gasteiger partial charge in [0, 0.05) is 23.0 Å². The third-order valence-corrected chi connectivity index (χ3v) is 11.6. The molecule has 0 radical (unpaired) electrons. The van der Waals surface area contributed by atoms with E-state index < -0.39 is 0 Å². The van der Waals surface area contributed by atoms with Gasteiger partial charge < -0.3 is 4.90 Å². The van der Waals surface area contributed by atoms with E-state index in [0.29, 0.717) is 0 Å². The van der Waals surface area contributed by atoms with E-state index >= 15 is 0 Å². The Kier molecular flexibility index (Phi) is 7.99. The second kappa shape index (κ2) is 13.4. The summed E-state index contributed by atoms with van der Waals surface area (Å²) in [6, 6.07) is 53.4. The quantitative estimate of drug-likeness (QED) is 0.169. The van der Waals surface area contributed by atoms with Gasteiger partial charge in [0.05, 0.1) is 0 Å². The van der Waals surface area contributed by atoms with Crippen molar-refractivity contribution in [3.63, 3.8) is 0 Å². The monoisotopic (exact) mass is 679 g/mol. The van der Waals surface area contributed by atoms with E-state index in [4.69, 9.17) is 0 Å². The molecular formula is C52H41N. The number of fused-ring (bicyclic) bond motifs is 4. The molecule has 0 N–H and O–H groups in total. The molecule has 1 heteroatoms. The lowest BCUT2D eigenvalue weighted by Gasteiger charge is -2.37. The van der Waals surface area contributed by atoms with Gasteiger partial charge in [-0.25, -0.2) is 0 Å². The maximum absolute atomic E-state index is 2.54. The molecule has 4 aliphatic rings. The maximum atomic E-state index is 2.54. The Morgan fingerprint density at radius 1 is 0.528 bits per heavy atom. The lowest BCUT2D eigenvalue weighted by molar-refractivity contribution is 0.756. The molecular weight excluding hydrogens is 639 g/mol. The van der Waals surface area contributed by atoms with Gasteiger partial charge in [-0.15, -0.1) is 0 Å². The highest BCUT2D eigenvalue weighted by Gasteiger charge is 2.34. The maximum Gasteiger partial charge on any atom is 0.0458 e. The van der Waals surface area contributed by atoms with Gasteiger partial charge >= 0.3 is 0 Å². The number of benzene rings is 6. The molecule has 0 aromatic heterocycles. The number of anilines is 2. The fraction of sp³-hybridized carbons (Fsp3) is 0.115. The first-order valence-corrected chi connectivity index (χ1v) is 19.1. The Bertz CT molecular complexity index is 2520. The van der Waals surface area contributed by atoms with Crippen molar-refractivity contribution in [1.82, 2.24) is 0 Å². The molecule has 0 heterocycles. The van der Waals surface area contributed by atoms with Crippen LogP contribution in [0.1, 0.15) is 47.9 Å². The molecule has 0 spiro atoms. The average molecular weight is 680 g/mol. The third-order valence-electron chi connectivity index (χ3n) is 11.6. The molecule has 4 aliphatic carbocycles. The van der Waals surface area contributed by atoms with E-state index in [-0.39, 0.29) is 5.92 Å². The molecule has 10 rings (SSSR count). The van der Waals surface area contributed by atoms with Gasteiger partial charge in [0.2, 0.25) is 0 Å². The van der Waals surface area contributed by atoms with E-state index in [1.807, 2.05) is 0 Å². The van der Waals surface area contributed by atoms with Crippen molar-refractivity contribution < 1.29 is 0 Å². The van der Waals surface area contributed by atoms with Gasteiger partial charge in [-0.1, -0.05) is 140 Å². The number of aryl methyl sites for hydroxylation is 1. The van der Waals surface area contributed by atoms with E-state index in [1.54, 1.807) is 0 Å². The summed E-state index contributed by atoms with van der Waals surface area (Å²) in [5, 5.41) is 2.57. The molecule has 0 amide bonds. The topological polar surface area (TPSA) is 3.24 Å². The smallest absolute Gasteiger partial charge is 0.0458 e. The second-order valence-corrected chi connectivity index (χ2v) is 14.7.